The quantitative estimate of drug-likeness (QED) is 0.757. The number of aromatic nitrogens is 3. The number of nitrogens with one attached hydrogen (secondary N) is 1. The van der Waals surface area contributed by atoms with E-state index in [-0.39, 0.29) is 0 Å². The molecule has 17 heavy (non-hydrogen) atoms. The van der Waals surface area contributed by atoms with Crippen LogP contribution in [0.2, 0.25) is 0 Å². The Labute approximate surface area is 105 Å². The molecule has 0 saturated heterocycles. The van der Waals surface area contributed by atoms with Crippen molar-refractivity contribution in [2.75, 3.05) is 0 Å². The lowest BCUT2D eigenvalue weighted by Gasteiger charge is -2.14. The SMILES string of the molecule is CCCCC(C)NCc1ncnn1CC(C)C. The second-order valence-electron chi connectivity index (χ2n) is 5.18. The Bertz CT molecular complexity index is 306. The summed E-state index contributed by atoms with van der Waals surface area (Å²) < 4.78 is 2.00. The monoisotopic (exact) mass is 238 g/mol. The van der Waals surface area contributed by atoms with Gasteiger partial charge in [0.2, 0.25) is 0 Å². The fraction of sp³-hybridized carbons (Fsp3) is 0.846. The molecule has 4 heteroatoms. The Balaban J connectivity index is 2.38. The first-order chi connectivity index (χ1) is 8.13. The zero-order valence-corrected chi connectivity index (χ0v) is 11.6. The van der Waals surface area contributed by atoms with E-state index in [0.717, 1.165) is 18.9 Å². The van der Waals surface area contributed by atoms with Crippen LogP contribution in [0.15, 0.2) is 6.33 Å². The number of unbranched alkanes of at least 4 members (excludes halogenated alkanes) is 1. The van der Waals surface area contributed by atoms with Crippen LogP contribution in [0.3, 0.4) is 0 Å². The van der Waals surface area contributed by atoms with Crippen molar-refractivity contribution in [2.24, 2.45) is 5.92 Å². The third-order valence-electron chi connectivity index (χ3n) is 2.83. The molecule has 1 rings (SSSR count). The van der Waals surface area contributed by atoms with E-state index in [9.17, 15) is 0 Å². The summed E-state index contributed by atoms with van der Waals surface area (Å²) in [5.74, 6) is 1.65. The molecular weight excluding hydrogens is 212 g/mol. The first-order valence-electron chi connectivity index (χ1n) is 6.73. The van der Waals surface area contributed by atoms with Gasteiger partial charge in [-0.15, -0.1) is 0 Å². The van der Waals surface area contributed by atoms with Gasteiger partial charge in [0.05, 0.1) is 6.54 Å². The minimum absolute atomic E-state index is 0.555. The van der Waals surface area contributed by atoms with Crippen LogP contribution in [-0.2, 0) is 13.1 Å². The number of nitrogens with zero attached hydrogens (tertiary/aromatic N) is 3. The number of hydrogen-bond donors (Lipinski definition) is 1. The average molecular weight is 238 g/mol. The molecule has 1 unspecified atom stereocenters. The predicted molar refractivity (Wildman–Crippen MR) is 70.7 cm³/mol. The van der Waals surface area contributed by atoms with E-state index in [4.69, 9.17) is 0 Å². The molecule has 0 spiro atoms. The van der Waals surface area contributed by atoms with Crippen molar-refractivity contribution in [3.05, 3.63) is 12.2 Å². The van der Waals surface area contributed by atoms with E-state index in [0.29, 0.717) is 12.0 Å². The fourth-order valence-electron chi connectivity index (χ4n) is 1.80. The van der Waals surface area contributed by atoms with Gasteiger partial charge < -0.3 is 5.32 Å². The lowest BCUT2D eigenvalue weighted by atomic mass is 10.1. The molecule has 0 aromatic carbocycles. The molecule has 0 fully saturated rings. The molecule has 1 atom stereocenters. The molecule has 0 saturated carbocycles. The average Bonchev–Trinajstić information content (AvgIpc) is 2.70. The first kappa shape index (κ1) is 14.2. The predicted octanol–water partition coefficient (Wildman–Crippen LogP) is 2.60. The summed E-state index contributed by atoms with van der Waals surface area (Å²) in [5, 5.41) is 7.77. The third-order valence-corrected chi connectivity index (χ3v) is 2.83. The molecular formula is C13H26N4. The Morgan fingerprint density at radius 3 is 2.76 bits per heavy atom. The molecule has 0 aliphatic carbocycles. The largest absolute Gasteiger partial charge is 0.307 e. The van der Waals surface area contributed by atoms with Gasteiger partial charge >= 0.3 is 0 Å². The van der Waals surface area contributed by atoms with Gasteiger partial charge in [-0.3, -0.25) is 0 Å². The maximum absolute atomic E-state index is 4.31. The Hall–Kier alpha value is -0.900. The van der Waals surface area contributed by atoms with Crippen molar-refractivity contribution in [1.29, 1.82) is 0 Å². The van der Waals surface area contributed by atoms with E-state index in [1.54, 1.807) is 6.33 Å². The highest BCUT2D eigenvalue weighted by Gasteiger charge is 2.07. The Morgan fingerprint density at radius 1 is 1.35 bits per heavy atom. The number of rotatable bonds is 8. The van der Waals surface area contributed by atoms with Gasteiger partial charge in [-0.1, -0.05) is 33.6 Å². The minimum Gasteiger partial charge on any atom is -0.307 e. The summed E-state index contributed by atoms with van der Waals surface area (Å²) in [7, 11) is 0. The van der Waals surface area contributed by atoms with E-state index in [2.05, 4.69) is 43.1 Å². The van der Waals surface area contributed by atoms with Crippen LogP contribution < -0.4 is 5.32 Å². The van der Waals surface area contributed by atoms with Crippen molar-refractivity contribution in [2.45, 2.75) is 66.1 Å². The molecule has 4 nitrogen and oxygen atoms in total. The van der Waals surface area contributed by atoms with Crippen molar-refractivity contribution in [3.8, 4) is 0 Å². The summed E-state index contributed by atoms with van der Waals surface area (Å²) in [4.78, 5) is 4.31. The van der Waals surface area contributed by atoms with Gasteiger partial charge in [0.1, 0.15) is 12.2 Å². The lowest BCUT2D eigenvalue weighted by Crippen LogP contribution is -2.27. The van der Waals surface area contributed by atoms with Crippen LogP contribution in [0, 0.1) is 5.92 Å². The molecule has 1 aromatic rings. The maximum atomic E-state index is 4.31. The van der Waals surface area contributed by atoms with Crippen molar-refractivity contribution < 1.29 is 0 Å². The summed E-state index contributed by atoms with van der Waals surface area (Å²) in [6.45, 7) is 10.6. The van der Waals surface area contributed by atoms with E-state index in [1.807, 2.05) is 4.68 Å². The van der Waals surface area contributed by atoms with Crippen molar-refractivity contribution in [3.63, 3.8) is 0 Å². The summed E-state index contributed by atoms with van der Waals surface area (Å²) in [5.41, 5.74) is 0. The summed E-state index contributed by atoms with van der Waals surface area (Å²) >= 11 is 0. The van der Waals surface area contributed by atoms with Gasteiger partial charge in [0.15, 0.2) is 0 Å². The van der Waals surface area contributed by atoms with E-state index >= 15 is 0 Å². The van der Waals surface area contributed by atoms with Crippen molar-refractivity contribution in [1.82, 2.24) is 20.1 Å². The standard InChI is InChI=1S/C13H26N4/c1-5-6-7-12(4)14-8-13-15-10-16-17(13)9-11(2)3/h10-12,14H,5-9H2,1-4H3. The van der Waals surface area contributed by atoms with Crippen LogP contribution in [-0.4, -0.2) is 20.8 Å². The van der Waals surface area contributed by atoms with Crippen LogP contribution in [0.25, 0.3) is 0 Å². The molecule has 0 aliphatic heterocycles. The highest BCUT2D eigenvalue weighted by atomic mass is 15.3. The Kier molecular flexibility index (Phi) is 6.19. The van der Waals surface area contributed by atoms with Crippen LogP contribution in [0.1, 0.15) is 52.8 Å². The molecule has 1 heterocycles. The molecule has 1 aromatic heterocycles. The van der Waals surface area contributed by atoms with Crippen LogP contribution in [0.5, 0.6) is 0 Å². The smallest absolute Gasteiger partial charge is 0.140 e. The first-order valence-corrected chi connectivity index (χ1v) is 6.73. The van der Waals surface area contributed by atoms with Gasteiger partial charge in [-0.2, -0.15) is 5.10 Å². The Morgan fingerprint density at radius 2 is 2.12 bits per heavy atom. The maximum Gasteiger partial charge on any atom is 0.140 e. The van der Waals surface area contributed by atoms with Crippen LogP contribution in [0.4, 0.5) is 0 Å². The highest BCUT2D eigenvalue weighted by Crippen LogP contribution is 2.03. The summed E-state index contributed by atoms with van der Waals surface area (Å²) in [6.07, 6.45) is 5.42. The van der Waals surface area contributed by atoms with Gasteiger partial charge in [-0.25, -0.2) is 9.67 Å². The van der Waals surface area contributed by atoms with Crippen molar-refractivity contribution >= 4 is 0 Å². The molecule has 0 aliphatic rings. The zero-order valence-electron chi connectivity index (χ0n) is 11.6. The number of hydrogen-bond acceptors (Lipinski definition) is 3. The van der Waals surface area contributed by atoms with Gasteiger partial charge in [0.25, 0.3) is 0 Å². The molecule has 0 amide bonds. The summed E-state index contributed by atoms with van der Waals surface area (Å²) in [6, 6.07) is 0.555. The molecule has 0 radical (unpaired) electrons. The second-order valence-corrected chi connectivity index (χ2v) is 5.18. The lowest BCUT2D eigenvalue weighted by molar-refractivity contribution is 0.437. The zero-order chi connectivity index (χ0) is 12.7. The van der Waals surface area contributed by atoms with Crippen LogP contribution >= 0.6 is 0 Å². The molecule has 0 bridgehead atoms. The molecule has 1 N–H and O–H groups in total. The normalized spacial score (nSPS) is 13.2. The van der Waals surface area contributed by atoms with E-state index in [1.165, 1.54) is 19.3 Å². The van der Waals surface area contributed by atoms with E-state index < -0.39 is 0 Å². The fourth-order valence-corrected chi connectivity index (χ4v) is 1.80. The topological polar surface area (TPSA) is 42.7 Å². The highest BCUT2D eigenvalue weighted by molar-refractivity contribution is 4.84. The van der Waals surface area contributed by atoms with Gasteiger partial charge in [0, 0.05) is 12.6 Å². The molecule has 98 valence electrons. The van der Waals surface area contributed by atoms with Gasteiger partial charge in [-0.05, 0) is 19.3 Å². The second kappa shape index (κ2) is 7.43. The third kappa shape index (κ3) is 5.31. The minimum atomic E-state index is 0.555.